The van der Waals surface area contributed by atoms with Gasteiger partial charge in [-0.2, -0.15) is 5.26 Å². The molecule has 3 aliphatic rings. The third kappa shape index (κ3) is 3.76. The largest absolute Gasteiger partial charge is 0.490 e. The number of ether oxygens (including phenoxy) is 1. The standard InChI is InChI=1S/C25H25ClN4O2S/c1-28-13-9-21(10-14-28)32-20-7-5-18(6-8-20)30-24(33)29(23(31)25(30)11-2-12-25)19-4-3-17(16-27)22(26)15-19/h3-8,15,21H,2,9-14H2,1H3. The van der Waals surface area contributed by atoms with E-state index < -0.39 is 5.54 Å². The van der Waals surface area contributed by atoms with Crippen LogP contribution in [0.1, 0.15) is 37.7 Å². The average Bonchev–Trinajstić information content (AvgIpc) is 3.02. The zero-order valence-corrected chi connectivity index (χ0v) is 20.0. The minimum absolute atomic E-state index is 0.0359. The highest BCUT2D eigenvalue weighted by molar-refractivity contribution is 7.81. The number of thiocarbonyl (C=S) groups is 1. The van der Waals surface area contributed by atoms with Crippen molar-refractivity contribution in [3.63, 3.8) is 0 Å². The number of carbonyl (C=O) groups excluding carboxylic acids is 1. The van der Waals surface area contributed by atoms with Crippen LogP contribution < -0.4 is 14.5 Å². The van der Waals surface area contributed by atoms with Crippen LogP contribution in [0.4, 0.5) is 11.4 Å². The van der Waals surface area contributed by atoms with Crippen LogP contribution in [0.2, 0.25) is 5.02 Å². The highest BCUT2D eigenvalue weighted by Gasteiger charge is 2.59. The summed E-state index contributed by atoms with van der Waals surface area (Å²) in [6.45, 7) is 2.09. The molecule has 2 aliphatic heterocycles. The molecule has 2 aromatic rings. The molecule has 0 atom stereocenters. The normalized spacial score (nSPS) is 20.8. The predicted molar refractivity (Wildman–Crippen MR) is 133 cm³/mol. The highest BCUT2D eigenvalue weighted by Crippen LogP contribution is 2.48. The minimum atomic E-state index is -0.659. The van der Waals surface area contributed by atoms with Crippen molar-refractivity contribution in [3.05, 3.63) is 53.1 Å². The molecule has 0 N–H and O–H groups in total. The fraction of sp³-hybridized carbons (Fsp3) is 0.400. The van der Waals surface area contributed by atoms with E-state index in [9.17, 15) is 10.1 Å². The number of nitrogens with zero attached hydrogens (tertiary/aromatic N) is 4. The number of rotatable bonds is 4. The van der Waals surface area contributed by atoms with Gasteiger partial charge >= 0.3 is 0 Å². The Morgan fingerprint density at radius 1 is 1.12 bits per heavy atom. The van der Waals surface area contributed by atoms with Crippen molar-refractivity contribution in [3.8, 4) is 11.8 Å². The minimum Gasteiger partial charge on any atom is -0.490 e. The number of nitriles is 1. The SMILES string of the molecule is CN1CCC(Oc2ccc(N3C(=S)N(c4ccc(C#N)c(Cl)c4)C(=O)C34CCC4)cc2)CC1. The van der Waals surface area contributed by atoms with E-state index in [4.69, 9.17) is 28.6 Å². The van der Waals surface area contributed by atoms with Gasteiger partial charge in [0.25, 0.3) is 5.91 Å². The summed E-state index contributed by atoms with van der Waals surface area (Å²) in [5, 5.41) is 9.92. The number of benzene rings is 2. The molecule has 0 aromatic heterocycles. The summed E-state index contributed by atoms with van der Waals surface area (Å²) < 4.78 is 6.19. The summed E-state index contributed by atoms with van der Waals surface area (Å²) in [5.41, 5.74) is 1.18. The Morgan fingerprint density at radius 3 is 2.36 bits per heavy atom. The average molecular weight is 481 g/mol. The molecular formula is C25H25ClN4O2S. The molecule has 0 radical (unpaired) electrons. The number of hydrogen-bond acceptors (Lipinski definition) is 5. The summed E-state index contributed by atoms with van der Waals surface area (Å²) >= 11 is 12.1. The van der Waals surface area contributed by atoms with Gasteiger partial charge in [0.1, 0.15) is 23.5 Å². The van der Waals surface area contributed by atoms with E-state index in [0.717, 1.165) is 56.6 Å². The van der Waals surface area contributed by atoms with Gasteiger partial charge in [-0.25, -0.2) is 0 Å². The summed E-state index contributed by atoms with van der Waals surface area (Å²) in [6.07, 6.45) is 4.75. The molecular weight excluding hydrogens is 456 g/mol. The van der Waals surface area contributed by atoms with Crippen LogP contribution in [0.3, 0.4) is 0 Å². The fourth-order valence-corrected chi connectivity index (χ4v) is 5.60. The zero-order chi connectivity index (χ0) is 23.2. The lowest BCUT2D eigenvalue weighted by atomic mass is 9.75. The van der Waals surface area contributed by atoms with Crippen molar-refractivity contribution in [2.24, 2.45) is 0 Å². The third-order valence-corrected chi connectivity index (χ3v) is 7.66. The molecule has 8 heteroatoms. The molecule has 1 aliphatic carbocycles. The number of hydrogen-bond donors (Lipinski definition) is 0. The maximum Gasteiger partial charge on any atom is 0.259 e. The van der Waals surface area contributed by atoms with E-state index in [-0.39, 0.29) is 12.0 Å². The highest BCUT2D eigenvalue weighted by atomic mass is 35.5. The molecule has 1 amide bonds. The molecule has 0 bridgehead atoms. The van der Waals surface area contributed by atoms with Crippen molar-refractivity contribution in [1.29, 1.82) is 5.26 Å². The number of carbonyl (C=O) groups is 1. The number of halogens is 1. The molecule has 2 heterocycles. The Morgan fingerprint density at radius 2 is 1.79 bits per heavy atom. The first-order chi connectivity index (χ1) is 15.9. The van der Waals surface area contributed by atoms with E-state index in [0.29, 0.717) is 21.4 Å². The van der Waals surface area contributed by atoms with Crippen molar-refractivity contribution in [2.45, 2.75) is 43.7 Å². The van der Waals surface area contributed by atoms with Crippen molar-refractivity contribution < 1.29 is 9.53 Å². The van der Waals surface area contributed by atoms with Gasteiger partial charge in [-0.1, -0.05) is 11.6 Å². The summed E-state index contributed by atoms with van der Waals surface area (Å²) in [5.74, 6) is 0.800. The van der Waals surface area contributed by atoms with E-state index in [1.54, 1.807) is 23.1 Å². The molecule has 2 aromatic carbocycles. The topological polar surface area (TPSA) is 59.8 Å². The van der Waals surface area contributed by atoms with Crippen LogP contribution in [0.5, 0.6) is 5.75 Å². The van der Waals surface area contributed by atoms with Gasteiger partial charge in [-0.15, -0.1) is 0 Å². The Labute approximate surface area is 204 Å². The van der Waals surface area contributed by atoms with Gasteiger partial charge in [0.05, 0.1) is 16.3 Å². The molecule has 2 saturated heterocycles. The smallest absolute Gasteiger partial charge is 0.259 e. The van der Waals surface area contributed by atoms with Crippen LogP contribution >= 0.6 is 23.8 Å². The first-order valence-corrected chi connectivity index (χ1v) is 12.1. The van der Waals surface area contributed by atoms with Gasteiger partial charge in [0, 0.05) is 18.8 Å². The van der Waals surface area contributed by atoms with Crippen LogP contribution in [-0.2, 0) is 4.79 Å². The first-order valence-electron chi connectivity index (χ1n) is 11.3. The summed E-state index contributed by atoms with van der Waals surface area (Å²) in [7, 11) is 2.14. The Balaban J connectivity index is 1.40. The van der Waals surface area contributed by atoms with Crippen molar-refractivity contribution in [2.75, 3.05) is 29.9 Å². The molecule has 170 valence electrons. The van der Waals surface area contributed by atoms with E-state index in [1.165, 1.54) is 0 Å². The van der Waals surface area contributed by atoms with Crippen LogP contribution in [0, 0.1) is 11.3 Å². The second-order valence-electron chi connectivity index (χ2n) is 9.03. The van der Waals surface area contributed by atoms with Gasteiger partial charge in [-0.05, 0) is 93.8 Å². The Hall–Kier alpha value is -2.66. The second-order valence-corrected chi connectivity index (χ2v) is 9.81. The van der Waals surface area contributed by atoms with E-state index >= 15 is 0 Å². The summed E-state index contributed by atoms with van der Waals surface area (Å²) in [6, 6.07) is 14.9. The molecule has 6 nitrogen and oxygen atoms in total. The Kier molecular flexibility index (Phi) is 5.77. The number of likely N-dealkylation sites (tertiary alicyclic amines) is 1. The Bertz CT molecular complexity index is 1130. The van der Waals surface area contributed by atoms with Gasteiger partial charge in [-0.3, -0.25) is 9.69 Å². The first kappa shape index (κ1) is 22.1. The monoisotopic (exact) mass is 480 g/mol. The van der Waals surface area contributed by atoms with Gasteiger partial charge in [0.2, 0.25) is 0 Å². The summed E-state index contributed by atoms with van der Waals surface area (Å²) in [4.78, 5) is 19.5. The van der Waals surface area contributed by atoms with Crippen LogP contribution in [-0.4, -0.2) is 47.7 Å². The maximum absolute atomic E-state index is 13.6. The van der Waals surface area contributed by atoms with Gasteiger partial charge in [0.15, 0.2) is 5.11 Å². The lowest BCUT2D eigenvalue weighted by Gasteiger charge is -2.43. The van der Waals surface area contributed by atoms with Gasteiger partial charge < -0.3 is 14.5 Å². The second kappa shape index (κ2) is 8.60. The van der Waals surface area contributed by atoms with Crippen LogP contribution in [0.25, 0.3) is 0 Å². The third-order valence-electron chi connectivity index (χ3n) is 6.99. The number of anilines is 2. The lowest BCUT2D eigenvalue weighted by Crippen LogP contribution is -2.55. The zero-order valence-electron chi connectivity index (χ0n) is 18.5. The van der Waals surface area contributed by atoms with E-state index in [1.807, 2.05) is 29.2 Å². The van der Waals surface area contributed by atoms with Crippen molar-refractivity contribution in [1.82, 2.24) is 4.90 Å². The lowest BCUT2D eigenvalue weighted by molar-refractivity contribution is -0.123. The fourth-order valence-electron chi connectivity index (χ4n) is 4.91. The molecule has 1 saturated carbocycles. The number of amides is 1. The molecule has 5 rings (SSSR count). The molecule has 1 spiro atoms. The molecule has 33 heavy (non-hydrogen) atoms. The molecule has 0 unspecified atom stereocenters. The van der Waals surface area contributed by atoms with Crippen molar-refractivity contribution >= 4 is 46.2 Å². The van der Waals surface area contributed by atoms with E-state index in [2.05, 4.69) is 18.0 Å². The quantitative estimate of drug-likeness (QED) is 0.589. The number of piperidine rings is 1. The maximum atomic E-state index is 13.6. The van der Waals surface area contributed by atoms with Crippen LogP contribution in [0.15, 0.2) is 42.5 Å². The molecule has 3 fully saturated rings. The predicted octanol–water partition coefficient (Wildman–Crippen LogP) is 4.75.